The molecule has 2 heterocycles. The van der Waals surface area contributed by atoms with Crippen molar-refractivity contribution in [1.82, 2.24) is 14.8 Å². The second kappa shape index (κ2) is 2.73. The summed E-state index contributed by atoms with van der Waals surface area (Å²) in [5.41, 5.74) is 7.43. The van der Waals surface area contributed by atoms with Crippen molar-refractivity contribution >= 4 is 16.6 Å². The van der Waals surface area contributed by atoms with E-state index in [0.717, 1.165) is 10.9 Å². The van der Waals surface area contributed by atoms with Crippen LogP contribution in [0.3, 0.4) is 0 Å². The maximum atomic E-state index is 5.75. The Labute approximate surface area is 76.4 Å². The van der Waals surface area contributed by atoms with Crippen LogP contribution in [0.4, 0.5) is 5.69 Å². The zero-order chi connectivity index (χ0) is 9.42. The lowest BCUT2D eigenvalue weighted by Crippen LogP contribution is -2.02. The quantitative estimate of drug-likeness (QED) is 0.717. The van der Waals surface area contributed by atoms with Gasteiger partial charge in [0, 0.05) is 11.4 Å². The van der Waals surface area contributed by atoms with E-state index in [1.807, 2.05) is 4.68 Å². The third kappa shape index (κ3) is 1.14. The minimum Gasteiger partial charge on any atom is -0.397 e. The number of hydrogen-bond acceptors (Lipinski definition) is 3. The van der Waals surface area contributed by atoms with Gasteiger partial charge in [-0.05, 0) is 13.8 Å². The molecule has 0 spiro atoms. The molecule has 0 unspecified atom stereocenters. The number of nitrogens with zero attached hydrogens (tertiary/aromatic N) is 3. The Kier molecular flexibility index (Phi) is 1.69. The Morgan fingerprint density at radius 2 is 2.08 bits per heavy atom. The normalized spacial score (nSPS) is 11.3. The minimum absolute atomic E-state index is 0.334. The van der Waals surface area contributed by atoms with Crippen molar-refractivity contribution < 1.29 is 0 Å². The van der Waals surface area contributed by atoms with Crippen molar-refractivity contribution in [2.24, 2.45) is 0 Å². The molecule has 0 aliphatic rings. The number of fused-ring (bicyclic) bond motifs is 1. The molecule has 0 atom stereocenters. The fourth-order valence-corrected chi connectivity index (χ4v) is 1.39. The Morgan fingerprint density at radius 1 is 1.31 bits per heavy atom. The third-order valence-electron chi connectivity index (χ3n) is 2.04. The van der Waals surface area contributed by atoms with Gasteiger partial charge in [-0.25, -0.2) is 0 Å². The van der Waals surface area contributed by atoms with Crippen LogP contribution in [0, 0.1) is 0 Å². The molecule has 0 aliphatic heterocycles. The van der Waals surface area contributed by atoms with Gasteiger partial charge < -0.3 is 5.73 Å². The summed E-state index contributed by atoms with van der Waals surface area (Å²) < 4.78 is 1.92. The van der Waals surface area contributed by atoms with Gasteiger partial charge in [-0.1, -0.05) is 0 Å². The van der Waals surface area contributed by atoms with Crippen LogP contribution in [0.2, 0.25) is 0 Å². The predicted molar refractivity (Wildman–Crippen MR) is 52.3 cm³/mol. The van der Waals surface area contributed by atoms with Gasteiger partial charge in [0.15, 0.2) is 0 Å². The van der Waals surface area contributed by atoms with Crippen molar-refractivity contribution in [3.8, 4) is 0 Å². The summed E-state index contributed by atoms with van der Waals surface area (Å²) in [6.07, 6.45) is 5.22. The molecule has 68 valence electrons. The van der Waals surface area contributed by atoms with E-state index >= 15 is 0 Å². The molecule has 2 aromatic rings. The van der Waals surface area contributed by atoms with Gasteiger partial charge in [0.25, 0.3) is 0 Å². The first-order valence-corrected chi connectivity index (χ1v) is 4.27. The number of aromatic nitrogens is 3. The van der Waals surface area contributed by atoms with Crippen LogP contribution in [-0.4, -0.2) is 14.8 Å². The van der Waals surface area contributed by atoms with E-state index in [0.29, 0.717) is 11.7 Å². The zero-order valence-corrected chi connectivity index (χ0v) is 7.73. The molecule has 0 saturated carbocycles. The third-order valence-corrected chi connectivity index (χ3v) is 2.04. The molecule has 2 rings (SSSR count). The number of nitrogens with two attached hydrogens (primary N) is 1. The molecular formula is C9H12N4. The number of rotatable bonds is 1. The summed E-state index contributed by atoms with van der Waals surface area (Å²) in [5.74, 6) is 0. The first kappa shape index (κ1) is 8.04. The van der Waals surface area contributed by atoms with Crippen molar-refractivity contribution in [3.63, 3.8) is 0 Å². The van der Waals surface area contributed by atoms with Crippen molar-refractivity contribution in [2.45, 2.75) is 19.9 Å². The second-order valence-corrected chi connectivity index (χ2v) is 3.34. The molecule has 0 aliphatic carbocycles. The molecule has 0 fully saturated rings. The van der Waals surface area contributed by atoms with E-state index in [4.69, 9.17) is 5.73 Å². The van der Waals surface area contributed by atoms with Gasteiger partial charge in [-0.2, -0.15) is 5.10 Å². The highest BCUT2D eigenvalue weighted by atomic mass is 15.3. The number of nitrogen functional groups attached to an aromatic ring is 1. The molecule has 4 heteroatoms. The Hall–Kier alpha value is -1.58. The molecular weight excluding hydrogens is 164 g/mol. The average molecular weight is 176 g/mol. The molecule has 13 heavy (non-hydrogen) atoms. The maximum Gasteiger partial charge on any atom is 0.0889 e. The molecule has 0 aromatic carbocycles. The van der Waals surface area contributed by atoms with E-state index in [9.17, 15) is 0 Å². The van der Waals surface area contributed by atoms with Crippen molar-refractivity contribution in [3.05, 3.63) is 18.6 Å². The number of hydrogen-bond donors (Lipinski definition) is 1. The van der Waals surface area contributed by atoms with Crippen LogP contribution in [0.25, 0.3) is 10.9 Å². The molecule has 2 N–H and O–H groups in total. The monoisotopic (exact) mass is 176 g/mol. The smallest absolute Gasteiger partial charge is 0.0889 e. The minimum atomic E-state index is 0.334. The van der Waals surface area contributed by atoms with E-state index in [1.54, 1.807) is 18.6 Å². The van der Waals surface area contributed by atoms with Gasteiger partial charge in [0.1, 0.15) is 0 Å². The van der Waals surface area contributed by atoms with Crippen LogP contribution in [0.5, 0.6) is 0 Å². The molecule has 0 saturated heterocycles. The van der Waals surface area contributed by atoms with E-state index < -0.39 is 0 Å². The van der Waals surface area contributed by atoms with Crippen LogP contribution < -0.4 is 5.73 Å². The van der Waals surface area contributed by atoms with Crippen LogP contribution >= 0.6 is 0 Å². The lowest BCUT2D eigenvalue weighted by molar-refractivity contribution is 0.550. The lowest BCUT2D eigenvalue weighted by Gasteiger charge is -2.06. The average Bonchev–Trinajstić information content (AvgIpc) is 2.48. The first-order chi connectivity index (χ1) is 6.20. The molecule has 2 aromatic heterocycles. The summed E-state index contributed by atoms with van der Waals surface area (Å²) in [7, 11) is 0. The Bertz CT molecular complexity index is 430. The number of pyridine rings is 1. The summed E-state index contributed by atoms with van der Waals surface area (Å²) >= 11 is 0. The summed E-state index contributed by atoms with van der Waals surface area (Å²) in [6.45, 7) is 4.16. The van der Waals surface area contributed by atoms with Crippen LogP contribution in [0.1, 0.15) is 19.9 Å². The number of anilines is 1. The van der Waals surface area contributed by atoms with Gasteiger partial charge in [-0.15, -0.1) is 0 Å². The highest BCUT2D eigenvalue weighted by Crippen LogP contribution is 2.20. The molecule has 0 amide bonds. The highest BCUT2D eigenvalue weighted by Gasteiger charge is 2.07. The van der Waals surface area contributed by atoms with Gasteiger partial charge in [0.05, 0.1) is 29.8 Å². The van der Waals surface area contributed by atoms with E-state index in [1.165, 1.54) is 0 Å². The molecule has 0 radical (unpaired) electrons. The summed E-state index contributed by atoms with van der Waals surface area (Å²) in [5, 5.41) is 5.23. The van der Waals surface area contributed by atoms with Crippen molar-refractivity contribution in [1.29, 1.82) is 0 Å². The second-order valence-electron chi connectivity index (χ2n) is 3.34. The predicted octanol–water partition coefficient (Wildman–Crippen LogP) is 1.59. The van der Waals surface area contributed by atoms with Gasteiger partial charge in [-0.3, -0.25) is 9.67 Å². The fourth-order valence-electron chi connectivity index (χ4n) is 1.39. The van der Waals surface area contributed by atoms with E-state index in [-0.39, 0.29) is 0 Å². The molecule has 0 bridgehead atoms. The van der Waals surface area contributed by atoms with Crippen LogP contribution in [-0.2, 0) is 0 Å². The largest absolute Gasteiger partial charge is 0.397 e. The first-order valence-electron chi connectivity index (χ1n) is 4.27. The SMILES string of the molecule is CC(C)n1ncc2c(N)cncc21. The fraction of sp³-hybridized carbons (Fsp3) is 0.333. The Balaban J connectivity index is 2.75. The van der Waals surface area contributed by atoms with Crippen molar-refractivity contribution in [2.75, 3.05) is 5.73 Å². The van der Waals surface area contributed by atoms with Gasteiger partial charge in [0.2, 0.25) is 0 Å². The Morgan fingerprint density at radius 3 is 2.77 bits per heavy atom. The summed E-state index contributed by atoms with van der Waals surface area (Å²) in [6, 6.07) is 0.334. The maximum absolute atomic E-state index is 5.75. The lowest BCUT2D eigenvalue weighted by atomic mass is 10.3. The standard InChI is InChI=1S/C9H12N4/c1-6(2)13-9-5-11-4-8(10)7(9)3-12-13/h3-6H,10H2,1-2H3. The summed E-state index contributed by atoms with van der Waals surface area (Å²) in [4.78, 5) is 4.04. The topological polar surface area (TPSA) is 56.7 Å². The van der Waals surface area contributed by atoms with E-state index in [2.05, 4.69) is 23.9 Å². The zero-order valence-electron chi connectivity index (χ0n) is 7.73. The molecule has 4 nitrogen and oxygen atoms in total. The highest BCUT2D eigenvalue weighted by molar-refractivity contribution is 5.88. The van der Waals surface area contributed by atoms with Gasteiger partial charge >= 0.3 is 0 Å². The van der Waals surface area contributed by atoms with Crippen LogP contribution in [0.15, 0.2) is 18.6 Å².